The lowest BCUT2D eigenvalue weighted by molar-refractivity contribution is -0.128. The van der Waals surface area contributed by atoms with Crippen molar-refractivity contribution in [1.29, 1.82) is 0 Å². The maximum atomic E-state index is 13.1. The molecule has 0 saturated heterocycles. The Morgan fingerprint density at radius 2 is 1.02 bits per heavy atom. The van der Waals surface area contributed by atoms with Crippen LogP contribution in [0.1, 0.15) is 58.3 Å². The highest BCUT2D eigenvalue weighted by atomic mass is 16.2. The summed E-state index contributed by atoms with van der Waals surface area (Å²) in [4.78, 5) is 48.7. The molecule has 0 unspecified atom stereocenters. The summed E-state index contributed by atoms with van der Waals surface area (Å²) in [5.74, 6) is -0.840. The first-order chi connectivity index (χ1) is 19.6. The Balaban J connectivity index is 1.14. The van der Waals surface area contributed by atoms with Crippen LogP contribution in [0.4, 0.5) is 0 Å². The molecule has 3 aromatic carbocycles. The molecule has 40 heavy (non-hydrogen) atoms. The average molecular weight is 539 g/mol. The smallest absolute Gasteiger partial charge is 0.225 e. The summed E-state index contributed by atoms with van der Waals surface area (Å²) < 4.78 is 0. The molecule has 0 heterocycles. The molecule has 0 bridgehead atoms. The molecule has 2 aliphatic rings. The Hall–Kier alpha value is -4.46. The largest absolute Gasteiger partial charge is 0.352 e. The van der Waals surface area contributed by atoms with E-state index in [1.165, 1.54) is 0 Å². The Morgan fingerprint density at radius 3 is 1.43 bits per heavy atom. The fourth-order valence-electron chi connectivity index (χ4n) is 6.06. The summed E-state index contributed by atoms with van der Waals surface area (Å²) in [5.41, 5.74) is 6.21. The Kier molecular flexibility index (Phi) is 8.54. The number of carbonyl (C=O) groups excluding carboxylic acids is 4. The van der Waals surface area contributed by atoms with Gasteiger partial charge in [0.25, 0.3) is 0 Å². The second kappa shape index (κ2) is 12.6. The van der Waals surface area contributed by atoms with Crippen molar-refractivity contribution in [3.8, 4) is 0 Å². The van der Waals surface area contributed by atoms with Gasteiger partial charge in [0.2, 0.25) is 24.6 Å². The zero-order chi connectivity index (χ0) is 27.9. The predicted molar refractivity (Wildman–Crippen MR) is 151 cm³/mol. The lowest BCUT2D eigenvalue weighted by Gasteiger charge is -2.32. The van der Waals surface area contributed by atoms with Gasteiger partial charge in [-0.05, 0) is 59.1 Å². The van der Waals surface area contributed by atoms with Crippen LogP contribution in [-0.2, 0) is 45.1 Å². The summed E-state index contributed by atoms with van der Waals surface area (Å²) in [6.45, 7) is 0.746. The summed E-state index contributed by atoms with van der Waals surface area (Å²) in [5, 5.41) is 11.7. The third-order valence-corrected chi connectivity index (χ3v) is 8.16. The van der Waals surface area contributed by atoms with Crippen molar-refractivity contribution >= 4 is 24.6 Å². The van der Waals surface area contributed by atoms with Crippen LogP contribution < -0.4 is 21.3 Å². The first kappa shape index (κ1) is 27.1. The maximum absolute atomic E-state index is 13.1. The Labute approximate surface area is 233 Å². The minimum atomic E-state index is -0.340. The van der Waals surface area contributed by atoms with Crippen LogP contribution in [0.25, 0.3) is 0 Å². The van der Waals surface area contributed by atoms with Crippen molar-refractivity contribution in [2.24, 2.45) is 11.8 Å². The standard InChI is InChI=1S/C32H34N4O4/c37-19-35-29-25-7-3-1-5-23(25)13-15-27(29)31(39)33-17-21-9-11-22(12-10-21)18-34-32(40)28-16-14-24-6-2-4-8-26(24)30(28)36-20-38/h1-12,19-20,27-30H,13-18H2,(H,33,39)(H,34,40)(H,35,37)(H,36,38)/t27-,28-,29-,30+/m1/s1. The van der Waals surface area contributed by atoms with E-state index in [1.54, 1.807) is 0 Å². The highest BCUT2D eigenvalue weighted by Gasteiger charge is 2.35. The molecule has 0 radical (unpaired) electrons. The zero-order valence-corrected chi connectivity index (χ0v) is 22.3. The van der Waals surface area contributed by atoms with Crippen molar-refractivity contribution in [2.45, 2.75) is 50.9 Å². The number of aryl methyl sites for hydroxylation is 2. The monoisotopic (exact) mass is 538 g/mol. The van der Waals surface area contributed by atoms with Crippen LogP contribution in [0, 0.1) is 11.8 Å². The predicted octanol–water partition coefficient (Wildman–Crippen LogP) is 3.02. The lowest BCUT2D eigenvalue weighted by Crippen LogP contribution is -2.41. The number of hydrogen-bond donors (Lipinski definition) is 4. The molecule has 2 aliphatic carbocycles. The van der Waals surface area contributed by atoms with Crippen LogP contribution >= 0.6 is 0 Å². The molecule has 0 aliphatic heterocycles. The van der Waals surface area contributed by atoms with E-state index in [2.05, 4.69) is 21.3 Å². The third-order valence-electron chi connectivity index (χ3n) is 8.16. The minimum absolute atomic E-state index is 0.0854. The summed E-state index contributed by atoms with van der Waals surface area (Å²) in [7, 11) is 0. The van der Waals surface area contributed by atoms with Crippen molar-refractivity contribution in [2.75, 3.05) is 0 Å². The van der Waals surface area contributed by atoms with Gasteiger partial charge in [-0.1, -0.05) is 72.8 Å². The van der Waals surface area contributed by atoms with Crippen LogP contribution in [-0.4, -0.2) is 24.6 Å². The molecule has 4 atom stereocenters. The maximum Gasteiger partial charge on any atom is 0.225 e. The number of fused-ring (bicyclic) bond motifs is 2. The van der Waals surface area contributed by atoms with E-state index in [9.17, 15) is 19.2 Å². The molecule has 5 rings (SSSR count). The van der Waals surface area contributed by atoms with Crippen molar-refractivity contribution < 1.29 is 19.2 Å². The van der Waals surface area contributed by atoms with E-state index >= 15 is 0 Å². The van der Waals surface area contributed by atoms with E-state index in [0.717, 1.165) is 46.2 Å². The van der Waals surface area contributed by atoms with Crippen LogP contribution in [0.15, 0.2) is 72.8 Å². The van der Waals surface area contributed by atoms with Gasteiger partial charge in [0.1, 0.15) is 0 Å². The van der Waals surface area contributed by atoms with E-state index in [0.29, 0.717) is 38.8 Å². The van der Waals surface area contributed by atoms with Crippen LogP contribution in [0.3, 0.4) is 0 Å². The van der Waals surface area contributed by atoms with E-state index in [-0.39, 0.29) is 35.7 Å². The fraction of sp³-hybridized carbons (Fsp3) is 0.312. The number of benzene rings is 3. The number of carbonyl (C=O) groups is 4. The second-order valence-electron chi connectivity index (χ2n) is 10.5. The first-order valence-electron chi connectivity index (χ1n) is 13.8. The van der Waals surface area contributed by atoms with Crippen molar-refractivity contribution in [3.05, 3.63) is 106 Å². The fourth-order valence-corrected chi connectivity index (χ4v) is 6.06. The van der Waals surface area contributed by atoms with E-state index in [1.807, 2.05) is 72.8 Å². The molecule has 0 aromatic heterocycles. The molecule has 4 N–H and O–H groups in total. The van der Waals surface area contributed by atoms with Gasteiger partial charge in [0.15, 0.2) is 0 Å². The van der Waals surface area contributed by atoms with Gasteiger partial charge in [0, 0.05) is 13.1 Å². The highest BCUT2D eigenvalue weighted by molar-refractivity contribution is 5.81. The molecular weight excluding hydrogens is 504 g/mol. The van der Waals surface area contributed by atoms with Gasteiger partial charge in [-0.15, -0.1) is 0 Å². The van der Waals surface area contributed by atoms with Gasteiger partial charge < -0.3 is 21.3 Å². The quantitative estimate of drug-likeness (QED) is 0.297. The number of amides is 4. The molecule has 206 valence electrons. The lowest BCUT2D eigenvalue weighted by atomic mass is 9.79. The van der Waals surface area contributed by atoms with Gasteiger partial charge in [-0.2, -0.15) is 0 Å². The van der Waals surface area contributed by atoms with E-state index in [4.69, 9.17) is 0 Å². The molecule has 8 heteroatoms. The molecule has 4 amide bonds. The summed E-state index contributed by atoms with van der Waals surface area (Å²) >= 11 is 0. The van der Waals surface area contributed by atoms with Gasteiger partial charge in [-0.3, -0.25) is 19.2 Å². The zero-order valence-electron chi connectivity index (χ0n) is 22.3. The number of hydrogen-bond acceptors (Lipinski definition) is 4. The van der Waals surface area contributed by atoms with Gasteiger partial charge in [0.05, 0.1) is 23.9 Å². The third kappa shape index (κ3) is 5.91. The number of rotatable bonds is 10. The normalized spacial score (nSPS) is 21.2. The molecule has 0 spiro atoms. The Bertz CT molecular complexity index is 1270. The summed E-state index contributed by atoms with van der Waals surface area (Å²) in [6.07, 6.45) is 4.26. The highest BCUT2D eigenvalue weighted by Crippen LogP contribution is 2.35. The van der Waals surface area contributed by atoms with Gasteiger partial charge >= 0.3 is 0 Å². The molecule has 0 saturated carbocycles. The second-order valence-corrected chi connectivity index (χ2v) is 10.5. The van der Waals surface area contributed by atoms with Gasteiger partial charge in [-0.25, -0.2) is 0 Å². The van der Waals surface area contributed by atoms with Crippen LogP contribution in [0.5, 0.6) is 0 Å². The van der Waals surface area contributed by atoms with Crippen LogP contribution in [0.2, 0.25) is 0 Å². The minimum Gasteiger partial charge on any atom is -0.352 e. The Morgan fingerprint density at radius 1 is 0.625 bits per heavy atom. The van der Waals surface area contributed by atoms with Crippen molar-refractivity contribution in [3.63, 3.8) is 0 Å². The summed E-state index contributed by atoms with van der Waals surface area (Å²) in [6, 6.07) is 22.9. The SMILES string of the molecule is O=CN[C@@H]1c2ccccc2CC[C@H]1C(=O)NCc1ccc(CNC(=O)[C@@H]2CCc3ccccc3[C@@H]2NC=O)cc1. The molecule has 8 nitrogen and oxygen atoms in total. The first-order valence-corrected chi connectivity index (χ1v) is 13.8. The van der Waals surface area contributed by atoms with E-state index < -0.39 is 0 Å². The average Bonchev–Trinajstić information content (AvgIpc) is 2.99. The number of nitrogens with one attached hydrogen (secondary N) is 4. The molecule has 3 aromatic rings. The topological polar surface area (TPSA) is 116 Å². The van der Waals surface area contributed by atoms with Crippen molar-refractivity contribution in [1.82, 2.24) is 21.3 Å². The molecule has 0 fully saturated rings. The molecular formula is C32H34N4O4.